The third-order valence-corrected chi connectivity index (χ3v) is 9.61. The number of fused-ring (bicyclic) bond motifs is 4. The molecule has 0 saturated carbocycles. The van der Waals surface area contributed by atoms with E-state index in [0.717, 1.165) is 17.6 Å². The molecule has 2 heteroatoms. The molecule has 0 amide bonds. The molecular formula is C45H34N2. The largest absolute Gasteiger partial charge is 0.309 e. The van der Waals surface area contributed by atoms with Crippen molar-refractivity contribution in [3.8, 4) is 22.3 Å². The van der Waals surface area contributed by atoms with Gasteiger partial charge >= 0.3 is 0 Å². The van der Waals surface area contributed by atoms with Crippen LogP contribution in [0.3, 0.4) is 0 Å². The Kier molecular flexibility index (Phi) is 7.19. The second kappa shape index (κ2) is 11.8. The van der Waals surface area contributed by atoms with Gasteiger partial charge in [-0.05, 0) is 114 Å². The first-order valence-corrected chi connectivity index (χ1v) is 16.2. The van der Waals surface area contributed by atoms with Gasteiger partial charge in [-0.15, -0.1) is 0 Å². The summed E-state index contributed by atoms with van der Waals surface area (Å²) in [6.07, 6.45) is 9.66. The van der Waals surface area contributed by atoms with Crippen LogP contribution in [0.5, 0.6) is 0 Å². The van der Waals surface area contributed by atoms with Crippen molar-refractivity contribution >= 4 is 55.5 Å². The van der Waals surface area contributed by atoms with Crippen LogP contribution in [0.4, 0.5) is 0 Å². The summed E-state index contributed by atoms with van der Waals surface area (Å²) in [6.45, 7) is 6.13. The van der Waals surface area contributed by atoms with Gasteiger partial charge in [0.1, 0.15) is 0 Å². The van der Waals surface area contributed by atoms with Gasteiger partial charge in [-0.3, -0.25) is 4.99 Å². The Balaban J connectivity index is 1.35. The monoisotopic (exact) mass is 602 g/mol. The van der Waals surface area contributed by atoms with E-state index < -0.39 is 0 Å². The molecule has 1 aliphatic rings. The second-order valence-corrected chi connectivity index (χ2v) is 12.4. The number of dihydropyridines is 1. The highest BCUT2D eigenvalue weighted by Gasteiger charge is 2.21. The lowest BCUT2D eigenvalue weighted by Gasteiger charge is -2.22. The number of nitrogens with one attached hydrogen (secondary N) is 1. The van der Waals surface area contributed by atoms with Crippen molar-refractivity contribution in [1.82, 2.24) is 0 Å². The van der Waals surface area contributed by atoms with Crippen LogP contribution < -0.4 is 0 Å². The zero-order valence-electron chi connectivity index (χ0n) is 26.4. The van der Waals surface area contributed by atoms with Crippen LogP contribution in [0.25, 0.3) is 65.3 Å². The smallest absolute Gasteiger partial charge is 0.0795 e. The first-order valence-electron chi connectivity index (χ1n) is 16.2. The maximum absolute atomic E-state index is 7.59. The van der Waals surface area contributed by atoms with Gasteiger partial charge in [0, 0.05) is 12.4 Å². The molecule has 1 heterocycles. The summed E-state index contributed by atoms with van der Waals surface area (Å²) in [6, 6.07) is 44.6. The number of aliphatic imine (C=N–C) groups is 1. The van der Waals surface area contributed by atoms with Gasteiger partial charge < -0.3 is 5.41 Å². The van der Waals surface area contributed by atoms with Crippen LogP contribution in [0.1, 0.15) is 23.6 Å². The molecule has 1 N–H and O–H groups in total. The maximum atomic E-state index is 7.59. The number of nitrogens with zero attached hydrogens (tertiary/aromatic N) is 1. The molecule has 0 aromatic heterocycles. The molecule has 0 spiro atoms. The number of hydrogen-bond acceptors (Lipinski definition) is 2. The Morgan fingerprint density at radius 3 is 2.06 bits per heavy atom. The molecule has 2 nitrogen and oxygen atoms in total. The van der Waals surface area contributed by atoms with Gasteiger partial charge in [0.05, 0.1) is 6.04 Å². The quantitative estimate of drug-likeness (QED) is 0.112. The Morgan fingerprint density at radius 2 is 1.34 bits per heavy atom. The normalized spacial score (nSPS) is 15.0. The highest BCUT2D eigenvalue weighted by molar-refractivity contribution is 6.23. The van der Waals surface area contributed by atoms with E-state index in [1.165, 1.54) is 82.7 Å². The highest BCUT2D eigenvalue weighted by atomic mass is 14.8. The lowest BCUT2D eigenvalue weighted by Crippen LogP contribution is -2.05. The number of hydrogen-bond donors (Lipinski definition) is 1. The lowest BCUT2D eigenvalue weighted by molar-refractivity contribution is 0.726. The van der Waals surface area contributed by atoms with Crippen LogP contribution >= 0.6 is 0 Å². The molecule has 7 aromatic carbocycles. The van der Waals surface area contributed by atoms with Crippen molar-refractivity contribution in [2.45, 2.75) is 19.4 Å². The van der Waals surface area contributed by atoms with E-state index in [9.17, 15) is 0 Å². The number of rotatable bonds is 6. The Labute approximate surface area is 275 Å². The minimum atomic E-state index is -0.0180. The predicted octanol–water partition coefficient (Wildman–Crippen LogP) is 12.1. The fraction of sp³-hybridized carbons (Fsp3) is 0.0667. The van der Waals surface area contributed by atoms with Crippen molar-refractivity contribution in [3.05, 3.63) is 168 Å². The summed E-state index contributed by atoms with van der Waals surface area (Å²) in [5, 5.41) is 17.5. The van der Waals surface area contributed by atoms with E-state index in [0.29, 0.717) is 0 Å². The molecule has 47 heavy (non-hydrogen) atoms. The summed E-state index contributed by atoms with van der Waals surface area (Å²) in [4.78, 5) is 4.93. The zero-order chi connectivity index (χ0) is 31.9. The van der Waals surface area contributed by atoms with Gasteiger partial charge in [-0.25, -0.2) is 0 Å². The zero-order valence-corrected chi connectivity index (χ0v) is 26.4. The molecule has 0 fully saturated rings. The third kappa shape index (κ3) is 4.90. The van der Waals surface area contributed by atoms with Crippen molar-refractivity contribution in [2.75, 3.05) is 0 Å². The molecule has 8 rings (SSSR count). The SMILES string of the molecule is C=C/C(=C\C=N)C1=CC=NC(c2cccc3c(-c4c5ccccc5c(-c5ccc6cc(C)ccc6c5)c5ccccc45)cccc23)C1. The van der Waals surface area contributed by atoms with Crippen molar-refractivity contribution in [1.29, 1.82) is 5.41 Å². The Hall–Kier alpha value is -5.86. The van der Waals surface area contributed by atoms with Crippen molar-refractivity contribution in [3.63, 3.8) is 0 Å². The fourth-order valence-electron chi connectivity index (χ4n) is 7.46. The highest BCUT2D eigenvalue weighted by Crippen LogP contribution is 2.46. The molecule has 0 bridgehead atoms. The number of benzene rings is 7. The minimum absolute atomic E-state index is 0.0180. The van der Waals surface area contributed by atoms with E-state index in [4.69, 9.17) is 10.4 Å². The average Bonchev–Trinajstić information content (AvgIpc) is 3.12. The molecule has 1 aliphatic heterocycles. The number of allylic oxidation sites excluding steroid dienone is 4. The van der Waals surface area contributed by atoms with Crippen molar-refractivity contribution in [2.24, 2.45) is 4.99 Å². The van der Waals surface area contributed by atoms with Gasteiger partial charge in [0.25, 0.3) is 0 Å². The van der Waals surface area contributed by atoms with Crippen LogP contribution in [0.2, 0.25) is 0 Å². The molecule has 0 radical (unpaired) electrons. The standard InChI is InChI=1S/C45H34N2/c1-3-30(22-24-46)33-23-25-47-43(28-33)37-16-8-15-36-35(37)14-9-17-38(36)45-41-12-6-4-10-39(41)44(40-11-5-7-13-42(40)45)34-21-20-31-26-29(2)18-19-32(31)27-34/h3-27,43,46H,1,28H2,2H3/b30-22+,46-24?. The number of aryl methyl sites for hydroxylation is 1. The van der Waals surface area contributed by atoms with Crippen LogP contribution in [0, 0.1) is 12.3 Å². The molecule has 224 valence electrons. The summed E-state index contributed by atoms with van der Waals surface area (Å²) in [5.41, 5.74) is 9.59. The van der Waals surface area contributed by atoms with Gasteiger partial charge in [-0.2, -0.15) is 0 Å². The molecule has 7 aromatic rings. The van der Waals surface area contributed by atoms with Crippen LogP contribution in [-0.2, 0) is 0 Å². The van der Waals surface area contributed by atoms with E-state index in [1.807, 2.05) is 18.4 Å². The van der Waals surface area contributed by atoms with E-state index >= 15 is 0 Å². The summed E-state index contributed by atoms with van der Waals surface area (Å²) in [5.74, 6) is 0. The van der Waals surface area contributed by atoms with E-state index in [1.54, 1.807) is 6.08 Å². The lowest BCUT2D eigenvalue weighted by atomic mass is 9.83. The molecule has 1 unspecified atom stereocenters. The molecule has 1 atom stereocenters. The molecule has 0 saturated heterocycles. The average molecular weight is 603 g/mol. The predicted molar refractivity (Wildman–Crippen MR) is 203 cm³/mol. The van der Waals surface area contributed by atoms with E-state index in [2.05, 4.69) is 135 Å². The first kappa shape index (κ1) is 28.6. The summed E-state index contributed by atoms with van der Waals surface area (Å²) >= 11 is 0. The molecular weight excluding hydrogens is 569 g/mol. The summed E-state index contributed by atoms with van der Waals surface area (Å²) in [7, 11) is 0. The first-order chi connectivity index (χ1) is 23.1. The van der Waals surface area contributed by atoms with Crippen LogP contribution in [0.15, 0.2) is 162 Å². The van der Waals surface area contributed by atoms with Gasteiger partial charge in [0.2, 0.25) is 0 Å². The molecule has 0 aliphatic carbocycles. The fourth-order valence-corrected chi connectivity index (χ4v) is 7.46. The van der Waals surface area contributed by atoms with Gasteiger partial charge in [-0.1, -0.05) is 133 Å². The van der Waals surface area contributed by atoms with Crippen LogP contribution in [-0.4, -0.2) is 12.4 Å². The Morgan fingerprint density at radius 1 is 0.702 bits per heavy atom. The second-order valence-electron chi connectivity index (χ2n) is 12.4. The maximum Gasteiger partial charge on any atom is 0.0795 e. The van der Waals surface area contributed by atoms with Crippen molar-refractivity contribution < 1.29 is 0 Å². The van der Waals surface area contributed by atoms with Gasteiger partial charge in [0.15, 0.2) is 0 Å². The topological polar surface area (TPSA) is 36.2 Å². The minimum Gasteiger partial charge on any atom is -0.309 e. The third-order valence-electron chi connectivity index (χ3n) is 9.61. The summed E-state index contributed by atoms with van der Waals surface area (Å²) < 4.78 is 0. The Bertz CT molecular complexity index is 2430. The van der Waals surface area contributed by atoms with E-state index in [-0.39, 0.29) is 6.04 Å².